The molecule has 9 nitrogen and oxygen atoms in total. The fourth-order valence-electron chi connectivity index (χ4n) is 3.24. The van der Waals surface area contributed by atoms with E-state index in [1.54, 1.807) is 17.0 Å². The predicted octanol–water partition coefficient (Wildman–Crippen LogP) is 1.15. The summed E-state index contributed by atoms with van der Waals surface area (Å²) < 4.78 is 64.6. The quantitative estimate of drug-likeness (QED) is 0.591. The van der Waals surface area contributed by atoms with Crippen LogP contribution in [0.2, 0.25) is 0 Å². The lowest BCUT2D eigenvalue weighted by Gasteiger charge is -2.35. The summed E-state index contributed by atoms with van der Waals surface area (Å²) >= 11 is 0. The van der Waals surface area contributed by atoms with Crippen LogP contribution in [0, 0.1) is 6.92 Å². The topological polar surface area (TPSA) is 112 Å². The van der Waals surface area contributed by atoms with Crippen LogP contribution in [0.15, 0.2) is 47.5 Å². The molecule has 2 amide bonds. The number of alkyl halides is 3. The number of piperazine rings is 1. The highest BCUT2D eigenvalue weighted by Gasteiger charge is 2.31. The molecule has 0 unspecified atom stereocenters. The first kappa shape index (κ1) is 25.4. The van der Waals surface area contributed by atoms with Gasteiger partial charge in [-0.05, 0) is 31.2 Å². The van der Waals surface area contributed by atoms with Crippen LogP contribution < -0.4 is 14.9 Å². The summed E-state index contributed by atoms with van der Waals surface area (Å²) in [6.45, 7) is 2.35. The van der Waals surface area contributed by atoms with Crippen molar-refractivity contribution in [1.29, 1.82) is 0 Å². The zero-order valence-electron chi connectivity index (χ0n) is 18.3. The molecule has 1 aliphatic heterocycles. The summed E-state index contributed by atoms with van der Waals surface area (Å²) in [6, 6.07) is 8.39. The zero-order valence-corrected chi connectivity index (χ0v) is 19.1. The van der Waals surface area contributed by atoms with E-state index in [1.165, 1.54) is 23.1 Å². The second-order valence-corrected chi connectivity index (χ2v) is 9.45. The van der Waals surface area contributed by atoms with Crippen molar-refractivity contribution in [3.8, 4) is 0 Å². The largest absolute Gasteiger partial charge is 0.417 e. The van der Waals surface area contributed by atoms with E-state index in [1.807, 2.05) is 6.92 Å². The molecular weight excluding hydrogens is 475 g/mol. The Balaban J connectivity index is 1.42. The summed E-state index contributed by atoms with van der Waals surface area (Å²) in [4.78, 5) is 31.5. The van der Waals surface area contributed by atoms with Crippen molar-refractivity contribution < 1.29 is 31.2 Å². The normalized spacial score (nSPS) is 14.7. The number of aryl methyl sites for hydroxylation is 1. The van der Waals surface area contributed by atoms with E-state index in [2.05, 4.69) is 15.0 Å². The maximum absolute atomic E-state index is 12.7. The van der Waals surface area contributed by atoms with E-state index < -0.39 is 34.2 Å². The highest BCUT2D eigenvalue weighted by molar-refractivity contribution is 7.89. The van der Waals surface area contributed by atoms with Crippen molar-refractivity contribution in [3.63, 3.8) is 0 Å². The Bertz CT molecular complexity index is 1110. The van der Waals surface area contributed by atoms with Gasteiger partial charge >= 0.3 is 6.18 Å². The van der Waals surface area contributed by atoms with Gasteiger partial charge in [0.15, 0.2) is 0 Å². The lowest BCUT2D eigenvalue weighted by molar-refractivity contribution is -0.137. The van der Waals surface area contributed by atoms with Gasteiger partial charge < -0.3 is 15.1 Å². The minimum atomic E-state index is -4.46. The van der Waals surface area contributed by atoms with Crippen molar-refractivity contribution in [2.24, 2.45) is 0 Å². The van der Waals surface area contributed by atoms with E-state index in [4.69, 9.17) is 0 Å². The maximum Gasteiger partial charge on any atom is 0.417 e. The third kappa shape index (κ3) is 6.67. The Morgan fingerprint density at radius 3 is 2.21 bits per heavy atom. The highest BCUT2D eigenvalue weighted by atomic mass is 32.2. The van der Waals surface area contributed by atoms with Gasteiger partial charge in [-0.3, -0.25) is 9.59 Å². The fourth-order valence-corrected chi connectivity index (χ4v) is 4.22. The lowest BCUT2D eigenvalue weighted by Crippen LogP contribution is -2.52. The molecule has 3 rings (SSSR count). The number of sulfonamides is 1. The van der Waals surface area contributed by atoms with E-state index >= 15 is 0 Å². The van der Waals surface area contributed by atoms with Gasteiger partial charge in [0.1, 0.15) is 5.82 Å². The monoisotopic (exact) mass is 499 g/mol. The Kier molecular flexibility index (Phi) is 7.77. The molecular formula is C21H24F3N5O4S. The SMILES string of the molecule is Cc1ccc(S(=O)(=O)NCC(=O)NCC(=O)N2CCN(c3ccc(C(F)(F)F)cn3)CC2)cc1. The molecule has 2 N–H and O–H groups in total. The van der Waals surface area contributed by atoms with Gasteiger partial charge in [-0.25, -0.2) is 18.1 Å². The van der Waals surface area contributed by atoms with Crippen molar-refractivity contribution in [3.05, 3.63) is 53.7 Å². The second-order valence-electron chi connectivity index (χ2n) is 7.69. The number of halogens is 3. The molecule has 184 valence electrons. The third-order valence-corrected chi connectivity index (χ3v) is 6.64. The molecule has 0 atom stereocenters. The number of hydrogen-bond acceptors (Lipinski definition) is 6. The van der Waals surface area contributed by atoms with Gasteiger partial charge in [0, 0.05) is 32.4 Å². The molecule has 34 heavy (non-hydrogen) atoms. The number of nitrogens with zero attached hydrogens (tertiary/aromatic N) is 3. The van der Waals surface area contributed by atoms with Crippen LogP contribution in [-0.4, -0.2) is 69.4 Å². The lowest BCUT2D eigenvalue weighted by atomic mass is 10.2. The molecule has 1 aromatic heterocycles. The van der Waals surface area contributed by atoms with Crippen LogP contribution in [0.1, 0.15) is 11.1 Å². The predicted molar refractivity (Wildman–Crippen MR) is 117 cm³/mol. The summed E-state index contributed by atoms with van der Waals surface area (Å²) in [5.74, 6) is -0.624. The number of benzene rings is 1. The van der Waals surface area contributed by atoms with Gasteiger partial charge in [0.25, 0.3) is 0 Å². The standard InChI is InChI=1S/C21H24F3N5O4S/c1-15-2-5-17(6-3-15)34(32,33)27-13-19(30)26-14-20(31)29-10-8-28(9-11-29)18-7-4-16(12-25-18)21(22,23)24/h2-7,12,27H,8-11,13-14H2,1H3,(H,26,30). The molecule has 0 spiro atoms. The molecule has 13 heteroatoms. The summed E-state index contributed by atoms with van der Waals surface area (Å²) in [7, 11) is -3.85. The van der Waals surface area contributed by atoms with Crippen molar-refractivity contribution in [1.82, 2.24) is 19.9 Å². The molecule has 1 aliphatic rings. The summed E-state index contributed by atoms with van der Waals surface area (Å²) in [5.41, 5.74) is 0.0635. The number of nitrogens with one attached hydrogen (secondary N) is 2. The Morgan fingerprint density at radius 1 is 1.00 bits per heavy atom. The van der Waals surface area contributed by atoms with E-state index in [9.17, 15) is 31.2 Å². The number of amides is 2. The number of anilines is 1. The summed E-state index contributed by atoms with van der Waals surface area (Å²) in [5, 5.41) is 2.39. The van der Waals surface area contributed by atoms with Crippen LogP contribution in [0.3, 0.4) is 0 Å². The molecule has 2 heterocycles. The van der Waals surface area contributed by atoms with Crippen LogP contribution in [0.4, 0.5) is 19.0 Å². The third-order valence-electron chi connectivity index (χ3n) is 5.22. The summed E-state index contributed by atoms with van der Waals surface area (Å²) in [6.07, 6.45) is -3.68. The molecule has 0 saturated carbocycles. The molecule has 1 saturated heterocycles. The minimum absolute atomic E-state index is 0.0300. The average molecular weight is 500 g/mol. The Morgan fingerprint density at radius 2 is 1.65 bits per heavy atom. The molecule has 0 bridgehead atoms. The molecule has 1 fully saturated rings. The van der Waals surface area contributed by atoms with Crippen molar-refractivity contribution in [2.75, 3.05) is 44.2 Å². The first-order chi connectivity index (χ1) is 16.0. The minimum Gasteiger partial charge on any atom is -0.353 e. The number of carbonyl (C=O) groups is 2. The highest BCUT2D eigenvalue weighted by Crippen LogP contribution is 2.29. The van der Waals surface area contributed by atoms with Crippen LogP contribution in [0.5, 0.6) is 0 Å². The first-order valence-corrected chi connectivity index (χ1v) is 11.8. The average Bonchev–Trinajstić information content (AvgIpc) is 2.81. The van der Waals surface area contributed by atoms with Crippen LogP contribution in [0.25, 0.3) is 0 Å². The Hall–Kier alpha value is -3.19. The van der Waals surface area contributed by atoms with Crippen molar-refractivity contribution >= 4 is 27.7 Å². The molecule has 0 radical (unpaired) electrons. The zero-order chi connectivity index (χ0) is 24.9. The van der Waals surface area contributed by atoms with E-state index in [-0.39, 0.29) is 17.3 Å². The molecule has 1 aromatic carbocycles. The number of pyridine rings is 1. The Labute approximate surface area is 195 Å². The molecule has 0 aliphatic carbocycles. The number of hydrogen-bond donors (Lipinski definition) is 2. The molecule has 2 aromatic rings. The first-order valence-electron chi connectivity index (χ1n) is 10.3. The van der Waals surface area contributed by atoms with Gasteiger partial charge in [0.2, 0.25) is 21.8 Å². The number of rotatable bonds is 7. The number of carbonyl (C=O) groups excluding carboxylic acids is 2. The fraction of sp³-hybridized carbons (Fsp3) is 0.381. The van der Waals surface area contributed by atoms with Gasteiger partial charge in [0.05, 0.1) is 23.5 Å². The number of aromatic nitrogens is 1. The second kappa shape index (κ2) is 10.4. The van der Waals surface area contributed by atoms with E-state index in [0.717, 1.165) is 17.8 Å². The van der Waals surface area contributed by atoms with Gasteiger partial charge in [-0.15, -0.1) is 0 Å². The smallest absolute Gasteiger partial charge is 0.353 e. The van der Waals surface area contributed by atoms with Gasteiger partial charge in [-0.1, -0.05) is 17.7 Å². The van der Waals surface area contributed by atoms with Crippen LogP contribution >= 0.6 is 0 Å². The van der Waals surface area contributed by atoms with E-state index in [0.29, 0.717) is 32.0 Å². The maximum atomic E-state index is 12.7. The van der Waals surface area contributed by atoms with Crippen LogP contribution in [-0.2, 0) is 25.8 Å². The van der Waals surface area contributed by atoms with Gasteiger partial charge in [-0.2, -0.15) is 13.2 Å². The van der Waals surface area contributed by atoms with Crippen molar-refractivity contribution in [2.45, 2.75) is 18.0 Å².